The van der Waals surface area contributed by atoms with E-state index >= 15 is 0 Å². The summed E-state index contributed by atoms with van der Waals surface area (Å²) in [6.45, 7) is 13.7. The summed E-state index contributed by atoms with van der Waals surface area (Å²) < 4.78 is 55.5. The van der Waals surface area contributed by atoms with E-state index < -0.39 is 29.6 Å². The van der Waals surface area contributed by atoms with Gasteiger partial charge in [0.25, 0.3) is 11.8 Å². The predicted octanol–water partition coefficient (Wildman–Crippen LogP) is 8.16. The summed E-state index contributed by atoms with van der Waals surface area (Å²) >= 11 is 3.74. The lowest BCUT2D eigenvalue weighted by Crippen LogP contribution is -2.39. The normalized spacial score (nSPS) is 13.5. The number of thiol groups is 1. The largest absolute Gasteiger partial charge is 0.356 e. The van der Waals surface area contributed by atoms with Gasteiger partial charge in [0.05, 0.1) is 5.88 Å². The van der Waals surface area contributed by atoms with Gasteiger partial charge in [-0.2, -0.15) is 21.4 Å². The van der Waals surface area contributed by atoms with Crippen molar-refractivity contribution >= 4 is 24.4 Å². The van der Waals surface area contributed by atoms with Gasteiger partial charge < -0.3 is 10.6 Å². The van der Waals surface area contributed by atoms with Crippen molar-refractivity contribution in [3.05, 3.63) is 0 Å². The highest BCUT2D eigenvalue weighted by atomic mass is 32.1. The standard InChI is InChI=1S/C28H52F4N2O2S/c1-24(2,3)28(31,32)17-13-8-10-14-22(35)33-20-26(6,7)19-18-25(4,5)15-11-9-12-16-27(29,30)23(36)34-21-37/h37H,8-21H2,1-7H3,(H,33,35)(H,34,36). The average Bonchev–Trinajstić information content (AvgIpc) is 2.75. The molecule has 0 heterocycles. The quantitative estimate of drug-likeness (QED) is 0.0651. The van der Waals surface area contributed by atoms with Crippen molar-refractivity contribution in [2.75, 3.05) is 12.4 Å². The second-order valence-corrected chi connectivity index (χ2v) is 13.4. The third kappa shape index (κ3) is 15.9. The van der Waals surface area contributed by atoms with Crippen LogP contribution < -0.4 is 10.6 Å². The molecule has 0 rings (SSSR count). The molecule has 0 radical (unpaired) electrons. The molecule has 0 aromatic carbocycles. The molecule has 9 heteroatoms. The highest BCUT2D eigenvalue weighted by molar-refractivity contribution is 7.80. The fourth-order valence-corrected chi connectivity index (χ4v) is 4.09. The number of alkyl halides is 4. The lowest BCUT2D eigenvalue weighted by molar-refractivity contribution is -0.146. The molecular weight excluding hydrogens is 504 g/mol. The first-order chi connectivity index (χ1) is 16.7. The van der Waals surface area contributed by atoms with Crippen LogP contribution in [-0.2, 0) is 9.59 Å². The molecule has 0 aromatic rings. The Morgan fingerprint density at radius 1 is 0.649 bits per heavy atom. The molecular formula is C28H52F4N2O2S. The molecule has 4 nitrogen and oxygen atoms in total. The van der Waals surface area contributed by atoms with Crippen LogP contribution in [0.1, 0.15) is 126 Å². The monoisotopic (exact) mass is 556 g/mol. The van der Waals surface area contributed by atoms with Crippen LogP contribution in [0.4, 0.5) is 17.6 Å². The molecule has 0 spiro atoms. The molecule has 2 amide bonds. The zero-order valence-corrected chi connectivity index (χ0v) is 25.1. The number of hydrogen-bond acceptors (Lipinski definition) is 3. The number of hydrogen-bond donors (Lipinski definition) is 3. The van der Waals surface area contributed by atoms with Crippen molar-refractivity contribution in [2.24, 2.45) is 16.2 Å². The van der Waals surface area contributed by atoms with E-state index in [0.717, 1.165) is 25.7 Å². The van der Waals surface area contributed by atoms with Gasteiger partial charge in [-0.05, 0) is 49.4 Å². The molecule has 0 saturated heterocycles. The van der Waals surface area contributed by atoms with Crippen LogP contribution in [-0.4, -0.2) is 36.1 Å². The number of carbonyl (C=O) groups excluding carboxylic acids is 2. The van der Waals surface area contributed by atoms with Gasteiger partial charge in [0.15, 0.2) is 0 Å². The van der Waals surface area contributed by atoms with Crippen LogP contribution in [0.3, 0.4) is 0 Å². The second-order valence-electron chi connectivity index (χ2n) is 13.0. The molecule has 0 unspecified atom stereocenters. The average molecular weight is 557 g/mol. The second kappa shape index (κ2) is 15.6. The zero-order valence-electron chi connectivity index (χ0n) is 24.2. The van der Waals surface area contributed by atoms with Crippen LogP contribution in [0, 0.1) is 16.2 Å². The van der Waals surface area contributed by atoms with Crippen molar-refractivity contribution in [2.45, 2.75) is 137 Å². The third-order valence-corrected chi connectivity index (χ3v) is 7.31. The number of rotatable bonds is 19. The summed E-state index contributed by atoms with van der Waals surface area (Å²) in [6, 6.07) is 0. The van der Waals surface area contributed by atoms with Gasteiger partial charge in [-0.3, -0.25) is 9.59 Å². The summed E-state index contributed by atoms with van der Waals surface area (Å²) in [5, 5.41) is 5.03. The van der Waals surface area contributed by atoms with Crippen LogP contribution >= 0.6 is 12.6 Å². The highest BCUT2D eigenvalue weighted by Crippen LogP contribution is 2.39. The number of halogens is 4. The van der Waals surface area contributed by atoms with Crippen molar-refractivity contribution in [1.82, 2.24) is 10.6 Å². The Morgan fingerprint density at radius 2 is 1.16 bits per heavy atom. The molecule has 0 aromatic heterocycles. The summed E-state index contributed by atoms with van der Waals surface area (Å²) in [4.78, 5) is 23.6. The molecule has 0 saturated carbocycles. The SMILES string of the molecule is CC(C)(CCCCCC(F)(F)C(=O)NCS)CCC(C)(C)CNC(=O)CCCCCC(F)(F)C(C)(C)C. The molecule has 220 valence electrons. The Morgan fingerprint density at radius 3 is 1.73 bits per heavy atom. The fraction of sp³-hybridized carbons (Fsp3) is 0.929. The summed E-state index contributed by atoms with van der Waals surface area (Å²) in [7, 11) is 0. The Balaban J connectivity index is 4.17. The van der Waals surface area contributed by atoms with Crippen molar-refractivity contribution in [1.29, 1.82) is 0 Å². The Bertz CT molecular complexity index is 692. The first kappa shape index (κ1) is 36.0. The molecule has 2 N–H and O–H groups in total. The molecule has 0 aliphatic heterocycles. The Hall–Kier alpha value is -0.990. The van der Waals surface area contributed by atoms with Gasteiger partial charge in [-0.15, -0.1) is 0 Å². The van der Waals surface area contributed by atoms with E-state index in [2.05, 4.69) is 45.6 Å². The van der Waals surface area contributed by atoms with E-state index in [-0.39, 0.29) is 29.0 Å². The molecule has 0 aliphatic carbocycles. The van der Waals surface area contributed by atoms with Crippen molar-refractivity contribution < 1.29 is 27.2 Å². The van der Waals surface area contributed by atoms with E-state index in [9.17, 15) is 27.2 Å². The first-order valence-electron chi connectivity index (χ1n) is 13.7. The smallest absolute Gasteiger partial charge is 0.324 e. The summed E-state index contributed by atoms with van der Waals surface area (Å²) in [6.07, 6.45) is 5.85. The number of unbranched alkanes of at least 4 members (excludes halogenated alkanes) is 4. The molecule has 37 heavy (non-hydrogen) atoms. The zero-order chi connectivity index (χ0) is 29.0. The molecule has 0 atom stereocenters. The minimum Gasteiger partial charge on any atom is -0.356 e. The maximum Gasteiger partial charge on any atom is 0.324 e. The van der Waals surface area contributed by atoms with E-state index in [1.807, 2.05) is 5.32 Å². The highest BCUT2D eigenvalue weighted by Gasteiger charge is 2.42. The lowest BCUT2D eigenvalue weighted by Gasteiger charge is -2.31. The Labute approximate surface area is 228 Å². The third-order valence-electron chi connectivity index (χ3n) is 7.15. The number of nitrogens with one attached hydrogen (secondary N) is 2. The first-order valence-corrected chi connectivity index (χ1v) is 14.3. The van der Waals surface area contributed by atoms with Gasteiger partial charge in [-0.25, -0.2) is 8.78 Å². The van der Waals surface area contributed by atoms with E-state index in [0.29, 0.717) is 45.1 Å². The maximum atomic E-state index is 14.0. The van der Waals surface area contributed by atoms with Crippen molar-refractivity contribution in [3.63, 3.8) is 0 Å². The summed E-state index contributed by atoms with van der Waals surface area (Å²) in [5.74, 6) is -7.48. The fourth-order valence-electron chi connectivity index (χ4n) is 3.94. The molecule has 0 fully saturated rings. The van der Waals surface area contributed by atoms with Crippen LogP contribution in [0.2, 0.25) is 0 Å². The van der Waals surface area contributed by atoms with Gasteiger partial charge in [-0.1, -0.05) is 67.7 Å². The summed E-state index contributed by atoms with van der Waals surface area (Å²) in [5.41, 5.74) is -1.10. The van der Waals surface area contributed by atoms with Gasteiger partial charge >= 0.3 is 5.92 Å². The Kier molecular flexibility index (Phi) is 15.1. The van der Waals surface area contributed by atoms with Gasteiger partial charge in [0.2, 0.25) is 5.91 Å². The molecule has 0 bridgehead atoms. The number of amides is 2. The minimum atomic E-state index is -3.35. The lowest BCUT2D eigenvalue weighted by atomic mass is 9.76. The predicted molar refractivity (Wildman–Crippen MR) is 147 cm³/mol. The van der Waals surface area contributed by atoms with Crippen molar-refractivity contribution in [3.8, 4) is 0 Å². The van der Waals surface area contributed by atoms with E-state index in [1.54, 1.807) is 20.8 Å². The number of carbonyl (C=O) groups is 2. The molecule has 0 aliphatic rings. The topological polar surface area (TPSA) is 58.2 Å². The maximum absolute atomic E-state index is 14.0. The van der Waals surface area contributed by atoms with Gasteiger partial charge in [0, 0.05) is 31.2 Å². The van der Waals surface area contributed by atoms with Crippen LogP contribution in [0.15, 0.2) is 0 Å². The van der Waals surface area contributed by atoms with Crippen LogP contribution in [0.25, 0.3) is 0 Å². The van der Waals surface area contributed by atoms with E-state index in [1.165, 1.54) is 0 Å². The van der Waals surface area contributed by atoms with Gasteiger partial charge in [0.1, 0.15) is 0 Å². The van der Waals surface area contributed by atoms with Crippen LogP contribution in [0.5, 0.6) is 0 Å². The minimum absolute atomic E-state index is 0.0440. The van der Waals surface area contributed by atoms with E-state index in [4.69, 9.17) is 0 Å².